The number of nitrogens with one attached hydrogen (secondary N) is 3. The number of anilines is 4. The second kappa shape index (κ2) is 8.62. The maximum Gasteiger partial charge on any atom is 0.254 e. The van der Waals surface area contributed by atoms with Gasteiger partial charge in [0, 0.05) is 37.4 Å². The van der Waals surface area contributed by atoms with Crippen molar-refractivity contribution in [3.05, 3.63) is 60.0 Å². The molecule has 0 spiro atoms. The Hall–Kier alpha value is -3.92. The summed E-state index contributed by atoms with van der Waals surface area (Å²) in [5.74, 6) is 0.661. The van der Waals surface area contributed by atoms with Crippen LogP contribution in [-0.2, 0) is 6.54 Å². The minimum absolute atomic E-state index is 0.195. The van der Waals surface area contributed by atoms with E-state index in [4.69, 9.17) is 10.5 Å². The Bertz CT molecular complexity index is 1050. The van der Waals surface area contributed by atoms with Crippen LogP contribution in [0.2, 0.25) is 0 Å². The summed E-state index contributed by atoms with van der Waals surface area (Å²) in [6, 6.07) is 9.16. The highest BCUT2D eigenvalue weighted by Crippen LogP contribution is 2.31. The summed E-state index contributed by atoms with van der Waals surface area (Å²) >= 11 is 0. The third-order valence-corrected chi connectivity index (χ3v) is 4.46. The van der Waals surface area contributed by atoms with E-state index in [0.29, 0.717) is 36.3 Å². The molecule has 3 heterocycles. The zero-order valence-electron chi connectivity index (χ0n) is 16.0. The molecule has 2 aromatic heterocycles. The number of rotatable bonds is 6. The Morgan fingerprint density at radius 2 is 2.13 bits per heavy atom. The molecule has 1 amide bonds. The summed E-state index contributed by atoms with van der Waals surface area (Å²) in [5, 5.41) is 19.1. The van der Waals surface area contributed by atoms with Crippen LogP contribution in [0.5, 0.6) is 5.75 Å². The molecule has 1 unspecified atom stereocenters. The first-order chi connectivity index (χ1) is 14.6. The van der Waals surface area contributed by atoms with Crippen molar-refractivity contribution in [3.8, 4) is 5.75 Å². The Labute approximate surface area is 172 Å². The monoisotopic (exact) mass is 407 g/mol. The molecule has 0 radical (unpaired) electrons. The topological polar surface area (TPSA) is 147 Å². The van der Waals surface area contributed by atoms with Crippen LogP contribution in [0.25, 0.3) is 0 Å². The quantitative estimate of drug-likeness (QED) is 0.410. The number of nitrogens with zero attached hydrogens (tertiary/aromatic N) is 3. The van der Waals surface area contributed by atoms with Crippen molar-refractivity contribution < 1.29 is 14.6 Å². The lowest BCUT2D eigenvalue weighted by Crippen LogP contribution is -2.23. The van der Waals surface area contributed by atoms with E-state index < -0.39 is 12.0 Å². The number of pyridine rings is 1. The minimum Gasteiger partial charge on any atom is -0.489 e. The van der Waals surface area contributed by atoms with Gasteiger partial charge in [0.2, 0.25) is 5.95 Å². The summed E-state index contributed by atoms with van der Waals surface area (Å²) in [6.45, 7) is 1.07. The van der Waals surface area contributed by atoms with Crippen molar-refractivity contribution in [1.29, 1.82) is 0 Å². The molecule has 10 nitrogen and oxygen atoms in total. The number of carbonyl (C=O) groups excluding carboxylic acids is 1. The number of carbonyl (C=O) groups is 1. The Morgan fingerprint density at radius 1 is 1.30 bits per heavy atom. The fourth-order valence-corrected chi connectivity index (χ4v) is 2.92. The number of aromatic nitrogens is 3. The van der Waals surface area contributed by atoms with E-state index >= 15 is 0 Å². The van der Waals surface area contributed by atoms with Crippen LogP contribution in [0.1, 0.15) is 15.9 Å². The van der Waals surface area contributed by atoms with E-state index in [9.17, 15) is 9.90 Å². The van der Waals surface area contributed by atoms with E-state index in [-0.39, 0.29) is 12.2 Å². The molecular weight excluding hydrogens is 386 g/mol. The van der Waals surface area contributed by atoms with Gasteiger partial charge in [-0.3, -0.25) is 9.78 Å². The Morgan fingerprint density at radius 3 is 2.93 bits per heavy atom. The van der Waals surface area contributed by atoms with Crippen molar-refractivity contribution in [3.63, 3.8) is 0 Å². The first-order valence-electron chi connectivity index (χ1n) is 9.34. The predicted molar refractivity (Wildman–Crippen MR) is 112 cm³/mol. The number of aliphatic hydroxyl groups is 1. The van der Waals surface area contributed by atoms with Crippen molar-refractivity contribution >= 4 is 29.0 Å². The van der Waals surface area contributed by atoms with Crippen LogP contribution in [-0.4, -0.2) is 45.2 Å². The highest BCUT2D eigenvalue weighted by molar-refractivity contribution is 5.97. The van der Waals surface area contributed by atoms with E-state index in [1.165, 1.54) is 6.20 Å². The third kappa shape index (κ3) is 4.55. The molecule has 0 fully saturated rings. The van der Waals surface area contributed by atoms with Gasteiger partial charge in [0.25, 0.3) is 5.91 Å². The SMILES string of the molecule is NC(=O)c1cnc(Nc2ccc3c(c2)NCC(O)CO3)nc1NCc1ccncc1. The molecule has 1 aliphatic rings. The molecule has 4 rings (SSSR count). The largest absolute Gasteiger partial charge is 0.489 e. The molecule has 154 valence electrons. The van der Waals surface area contributed by atoms with E-state index in [0.717, 1.165) is 11.3 Å². The van der Waals surface area contributed by atoms with Gasteiger partial charge in [-0.25, -0.2) is 4.98 Å². The lowest BCUT2D eigenvalue weighted by molar-refractivity contribution is 0.100. The van der Waals surface area contributed by atoms with Crippen LogP contribution in [0.3, 0.4) is 0 Å². The first kappa shape index (κ1) is 19.4. The highest BCUT2D eigenvalue weighted by atomic mass is 16.5. The number of primary amides is 1. The molecule has 10 heteroatoms. The first-order valence-corrected chi connectivity index (χ1v) is 9.34. The summed E-state index contributed by atoms with van der Waals surface area (Å²) in [5.41, 5.74) is 8.10. The van der Waals surface area contributed by atoms with Gasteiger partial charge < -0.3 is 31.5 Å². The van der Waals surface area contributed by atoms with Crippen LogP contribution in [0.4, 0.5) is 23.1 Å². The van der Waals surface area contributed by atoms with Crippen LogP contribution >= 0.6 is 0 Å². The summed E-state index contributed by atoms with van der Waals surface area (Å²) in [6.07, 6.45) is 4.18. The molecule has 1 atom stereocenters. The van der Waals surface area contributed by atoms with Crippen LogP contribution < -0.4 is 26.4 Å². The normalized spacial score (nSPS) is 15.2. The standard InChI is InChI=1S/C20H21N7O3/c21-18(29)15-10-25-20(27-19(15)24-8-12-3-5-22-6-4-12)26-13-1-2-17-16(7-13)23-9-14(28)11-30-17/h1-7,10,14,23,28H,8-9,11H2,(H2,21,29)(H2,24,25,26,27). The second-order valence-corrected chi connectivity index (χ2v) is 6.71. The number of hydrogen-bond acceptors (Lipinski definition) is 9. The molecule has 0 bridgehead atoms. The van der Waals surface area contributed by atoms with Gasteiger partial charge in [-0.05, 0) is 35.9 Å². The van der Waals surface area contributed by atoms with Gasteiger partial charge in [-0.1, -0.05) is 0 Å². The molecule has 1 aromatic carbocycles. The van der Waals surface area contributed by atoms with E-state index in [1.807, 2.05) is 24.3 Å². The van der Waals surface area contributed by atoms with Crippen molar-refractivity contribution in [2.24, 2.45) is 5.73 Å². The molecule has 3 aromatic rings. The molecule has 0 saturated heterocycles. The summed E-state index contributed by atoms with van der Waals surface area (Å²) < 4.78 is 5.56. The third-order valence-electron chi connectivity index (χ3n) is 4.46. The van der Waals surface area contributed by atoms with Crippen molar-refractivity contribution in [2.45, 2.75) is 12.6 Å². The molecular formula is C20H21N7O3. The number of nitrogens with two attached hydrogens (primary N) is 1. The Kier molecular flexibility index (Phi) is 5.57. The van der Waals surface area contributed by atoms with Gasteiger partial charge in [0.1, 0.15) is 24.3 Å². The minimum atomic E-state index is -0.622. The zero-order chi connectivity index (χ0) is 20.9. The maximum absolute atomic E-state index is 11.8. The number of benzene rings is 1. The number of ether oxygens (including phenoxy) is 1. The average molecular weight is 407 g/mol. The van der Waals surface area contributed by atoms with Gasteiger partial charge >= 0.3 is 0 Å². The number of fused-ring (bicyclic) bond motifs is 1. The maximum atomic E-state index is 11.8. The van der Waals surface area contributed by atoms with Crippen molar-refractivity contribution in [1.82, 2.24) is 15.0 Å². The smallest absolute Gasteiger partial charge is 0.254 e. The highest BCUT2D eigenvalue weighted by Gasteiger charge is 2.16. The van der Waals surface area contributed by atoms with Crippen molar-refractivity contribution in [2.75, 3.05) is 29.1 Å². The molecule has 6 N–H and O–H groups in total. The fraction of sp³-hybridized carbons (Fsp3) is 0.200. The van der Waals surface area contributed by atoms with Gasteiger partial charge in [-0.15, -0.1) is 0 Å². The second-order valence-electron chi connectivity index (χ2n) is 6.71. The fourth-order valence-electron chi connectivity index (χ4n) is 2.92. The lowest BCUT2D eigenvalue weighted by Gasteiger charge is -2.13. The Balaban J connectivity index is 1.54. The van der Waals surface area contributed by atoms with Crippen LogP contribution in [0, 0.1) is 0 Å². The van der Waals surface area contributed by atoms with E-state index in [1.54, 1.807) is 18.5 Å². The van der Waals surface area contributed by atoms with E-state index in [2.05, 4.69) is 30.9 Å². The van der Waals surface area contributed by atoms with Gasteiger partial charge in [0.05, 0.1) is 11.3 Å². The van der Waals surface area contributed by atoms with Gasteiger partial charge in [0.15, 0.2) is 0 Å². The van der Waals surface area contributed by atoms with Gasteiger partial charge in [-0.2, -0.15) is 4.98 Å². The zero-order valence-corrected chi connectivity index (χ0v) is 16.0. The molecule has 1 aliphatic heterocycles. The number of hydrogen-bond donors (Lipinski definition) is 5. The van der Waals surface area contributed by atoms with Crippen LogP contribution in [0.15, 0.2) is 48.9 Å². The lowest BCUT2D eigenvalue weighted by atomic mass is 10.2. The molecule has 0 saturated carbocycles. The molecule has 0 aliphatic carbocycles. The number of aliphatic hydroxyl groups excluding tert-OH is 1. The molecule has 30 heavy (non-hydrogen) atoms. The summed E-state index contributed by atoms with van der Waals surface area (Å²) in [4.78, 5) is 24.3. The predicted octanol–water partition coefficient (Wildman–Crippen LogP) is 1.49. The number of β-amino-alcohol motifs (C(OH)–C–C–N with tert-alkyl or cyclic N) is 1. The summed E-state index contributed by atoms with van der Waals surface area (Å²) in [7, 11) is 0. The number of amides is 1. The average Bonchev–Trinajstić information content (AvgIpc) is 2.94.